The largest absolute Gasteiger partial charge is 0.481 e. The van der Waals surface area contributed by atoms with Crippen LogP contribution in [0.4, 0.5) is 0 Å². The summed E-state index contributed by atoms with van der Waals surface area (Å²) in [5.74, 6) is -0.867. The molecule has 0 aliphatic rings. The topological polar surface area (TPSA) is 63.1 Å². The minimum absolute atomic E-state index is 0.00471. The highest BCUT2D eigenvalue weighted by Gasteiger charge is 2.08. The van der Waals surface area contributed by atoms with E-state index in [4.69, 9.17) is 16.7 Å². The molecule has 0 aliphatic heterocycles. The lowest BCUT2D eigenvalue weighted by Crippen LogP contribution is -1.96. The number of carboxylic acid groups (broad SMARTS) is 1. The molecule has 1 aromatic carbocycles. The fraction of sp³-hybridized carbons (Fsp3) is 0.100. The second kappa shape index (κ2) is 5.48. The van der Waals surface area contributed by atoms with Crippen LogP contribution < -0.4 is 0 Å². The van der Waals surface area contributed by atoms with Crippen LogP contribution in [-0.4, -0.2) is 27.0 Å². The Morgan fingerprint density at radius 2 is 2.06 bits per heavy atom. The maximum atomic E-state index is 10.4. The van der Waals surface area contributed by atoms with Crippen molar-refractivity contribution in [3.63, 3.8) is 0 Å². The highest BCUT2D eigenvalue weighted by atomic mass is 35.5. The van der Waals surface area contributed by atoms with Gasteiger partial charge in [0, 0.05) is 10.6 Å². The molecular formula is C10H7ClN2O2S2. The third kappa shape index (κ3) is 3.42. The van der Waals surface area contributed by atoms with Crippen molar-refractivity contribution >= 4 is 40.7 Å². The molecule has 0 aliphatic carbocycles. The number of thioether (sulfide) groups is 1. The van der Waals surface area contributed by atoms with Gasteiger partial charge in [0.05, 0.1) is 5.75 Å². The van der Waals surface area contributed by atoms with Crippen molar-refractivity contribution in [2.24, 2.45) is 0 Å². The van der Waals surface area contributed by atoms with E-state index < -0.39 is 5.97 Å². The van der Waals surface area contributed by atoms with E-state index in [0.29, 0.717) is 9.36 Å². The normalized spacial score (nSPS) is 10.4. The van der Waals surface area contributed by atoms with E-state index in [1.165, 1.54) is 23.1 Å². The molecule has 1 heterocycles. The standard InChI is InChI=1S/C10H7ClN2O2S2/c11-7-3-1-6(2-4-7)9-12-13-10(17-9)16-5-8(14)15/h1-4H,5H2,(H,14,15). The predicted molar refractivity (Wildman–Crippen MR) is 68.7 cm³/mol. The molecule has 88 valence electrons. The molecule has 0 unspecified atom stereocenters. The Balaban J connectivity index is 2.12. The van der Waals surface area contributed by atoms with Crippen LogP contribution in [0.1, 0.15) is 0 Å². The van der Waals surface area contributed by atoms with Gasteiger partial charge in [-0.1, -0.05) is 46.8 Å². The van der Waals surface area contributed by atoms with E-state index in [2.05, 4.69) is 10.2 Å². The molecule has 0 bridgehead atoms. The lowest BCUT2D eigenvalue weighted by Gasteiger charge is -1.94. The summed E-state index contributed by atoms with van der Waals surface area (Å²) in [6.45, 7) is 0. The number of nitrogens with zero attached hydrogens (tertiary/aromatic N) is 2. The molecule has 0 saturated carbocycles. The molecule has 7 heteroatoms. The minimum atomic E-state index is -0.863. The SMILES string of the molecule is O=C(O)CSc1nnc(-c2ccc(Cl)cc2)s1. The van der Waals surface area contributed by atoms with Gasteiger partial charge in [-0.25, -0.2) is 0 Å². The zero-order chi connectivity index (χ0) is 12.3. The van der Waals surface area contributed by atoms with Gasteiger partial charge in [-0.2, -0.15) is 0 Å². The number of carbonyl (C=O) groups is 1. The van der Waals surface area contributed by atoms with E-state index in [1.54, 1.807) is 12.1 Å². The molecule has 17 heavy (non-hydrogen) atoms. The number of hydrogen-bond donors (Lipinski definition) is 1. The van der Waals surface area contributed by atoms with Crippen molar-refractivity contribution in [3.8, 4) is 10.6 Å². The molecule has 0 amide bonds. The number of carboxylic acids is 1. The first-order valence-corrected chi connectivity index (χ1v) is 6.77. The van der Waals surface area contributed by atoms with Gasteiger partial charge >= 0.3 is 5.97 Å². The minimum Gasteiger partial charge on any atom is -0.481 e. The Labute approximate surface area is 111 Å². The fourth-order valence-corrected chi connectivity index (χ4v) is 2.80. The van der Waals surface area contributed by atoms with Crippen LogP contribution in [0.15, 0.2) is 28.6 Å². The molecule has 0 radical (unpaired) electrons. The van der Waals surface area contributed by atoms with Crippen molar-refractivity contribution in [2.75, 3.05) is 5.75 Å². The Hall–Kier alpha value is -1.11. The first-order chi connectivity index (χ1) is 8.15. The fourth-order valence-electron chi connectivity index (χ4n) is 1.10. The average molecular weight is 287 g/mol. The third-order valence-electron chi connectivity index (χ3n) is 1.82. The second-order valence-corrected chi connectivity index (χ2v) is 5.70. The van der Waals surface area contributed by atoms with E-state index in [0.717, 1.165) is 10.6 Å². The Kier molecular flexibility index (Phi) is 3.98. The number of benzene rings is 1. The molecule has 0 spiro atoms. The zero-order valence-electron chi connectivity index (χ0n) is 8.46. The molecule has 0 atom stereocenters. The average Bonchev–Trinajstić information content (AvgIpc) is 2.76. The lowest BCUT2D eigenvalue weighted by molar-refractivity contribution is -0.133. The van der Waals surface area contributed by atoms with E-state index >= 15 is 0 Å². The van der Waals surface area contributed by atoms with Crippen LogP contribution in [-0.2, 0) is 4.79 Å². The number of aromatic nitrogens is 2. The van der Waals surface area contributed by atoms with Crippen LogP contribution in [0.25, 0.3) is 10.6 Å². The number of halogens is 1. The summed E-state index contributed by atoms with van der Waals surface area (Å²) < 4.78 is 0.650. The summed E-state index contributed by atoms with van der Waals surface area (Å²) >= 11 is 8.32. The van der Waals surface area contributed by atoms with Crippen LogP contribution >= 0.6 is 34.7 Å². The monoisotopic (exact) mass is 286 g/mol. The van der Waals surface area contributed by atoms with Gasteiger partial charge in [0.25, 0.3) is 0 Å². The summed E-state index contributed by atoms with van der Waals surface area (Å²) in [5.41, 5.74) is 0.925. The smallest absolute Gasteiger partial charge is 0.313 e. The molecule has 4 nitrogen and oxygen atoms in total. The summed E-state index contributed by atoms with van der Waals surface area (Å²) in [6.07, 6.45) is 0. The summed E-state index contributed by atoms with van der Waals surface area (Å²) in [7, 11) is 0. The van der Waals surface area contributed by atoms with Gasteiger partial charge in [0.15, 0.2) is 4.34 Å². The first kappa shape index (κ1) is 12.3. The van der Waals surface area contributed by atoms with Crippen molar-refractivity contribution in [2.45, 2.75) is 4.34 Å². The van der Waals surface area contributed by atoms with Gasteiger partial charge in [-0.15, -0.1) is 10.2 Å². The van der Waals surface area contributed by atoms with Gasteiger partial charge in [-0.05, 0) is 12.1 Å². The van der Waals surface area contributed by atoms with E-state index in [1.807, 2.05) is 12.1 Å². The lowest BCUT2D eigenvalue weighted by atomic mass is 10.2. The first-order valence-electron chi connectivity index (χ1n) is 4.59. The van der Waals surface area contributed by atoms with Gasteiger partial charge in [0.2, 0.25) is 0 Å². The Bertz CT molecular complexity index is 527. The summed E-state index contributed by atoms with van der Waals surface area (Å²) in [4.78, 5) is 10.4. The van der Waals surface area contributed by atoms with Crippen LogP contribution in [0.3, 0.4) is 0 Å². The molecule has 0 fully saturated rings. The van der Waals surface area contributed by atoms with E-state index in [-0.39, 0.29) is 5.75 Å². The molecule has 2 rings (SSSR count). The quantitative estimate of drug-likeness (QED) is 0.875. The van der Waals surface area contributed by atoms with Crippen LogP contribution in [0, 0.1) is 0 Å². The van der Waals surface area contributed by atoms with Gasteiger partial charge in [0.1, 0.15) is 5.01 Å². The Morgan fingerprint density at radius 1 is 1.35 bits per heavy atom. The molecule has 1 N–H and O–H groups in total. The van der Waals surface area contributed by atoms with Crippen molar-refractivity contribution < 1.29 is 9.90 Å². The number of aliphatic carboxylic acids is 1. The summed E-state index contributed by atoms with van der Waals surface area (Å²) in [6, 6.07) is 7.27. The van der Waals surface area contributed by atoms with E-state index in [9.17, 15) is 4.79 Å². The Morgan fingerprint density at radius 3 is 2.71 bits per heavy atom. The molecule has 2 aromatic rings. The van der Waals surface area contributed by atoms with Crippen molar-refractivity contribution in [1.29, 1.82) is 0 Å². The molecular weight excluding hydrogens is 280 g/mol. The number of rotatable bonds is 4. The van der Waals surface area contributed by atoms with Crippen LogP contribution in [0.2, 0.25) is 5.02 Å². The summed E-state index contributed by atoms with van der Waals surface area (Å²) in [5, 5.41) is 17.9. The highest BCUT2D eigenvalue weighted by Crippen LogP contribution is 2.29. The van der Waals surface area contributed by atoms with Gasteiger partial charge < -0.3 is 5.11 Å². The molecule has 0 saturated heterocycles. The maximum absolute atomic E-state index is 10.4. The second-order valence-electron chi connectivity index (χ2n) is 3.06. The van der Waals surface area contributed by atoms with Crippen molar-refractivity contribution in [3.05, 3.63) is 29.3 Å². The van der Waals surface area contributed by atoms with Crippen LogP contribution in [0.5, 0.6) is 0 Å². The maximum Gasteiger partial charge on any atom is 0.313 e. The predicted octanol–water partition coefficient (Wildman–Crippen LogP) is 3.04. The number of hydrogen-bond acceptors (Lipinski definition) is 5. The van der Waals surface area contributed by atoms with Gasteiger partial charge in [-0.3, -0.25) is 4.79 Å². The highest BCUT2D eigenvalue weighted by molar-refractivity contribution is 8.01. The van der Waals surface area contributed by atoms with Crippen molar-refractivity contribution in [1.82, 2.24) is 10.2 Å². The zero-order valence-corrected chi connectivity index (χ0v) is 10.8. The third-order valence-corrected chi connectivity index (χ3v) is 4.16. The molecule has 1 aromatic heterocycles.